The van der Waals surface area contributed by atoms with Gasteiger partial charge in [0.15, 0.2) is 0 Å². The zero-order chi connectivity index (χ0) is 15.9. The van der Waals surface area contributed by atoms with E-state index in [0.717, 1.165) is 43.4 Å². The van der Waals surface area contributed by atoms with E-state index in [1.807, 2.05) is 43.3 Å². The van der Waals surface area contributed by atoms with Gasteiger partial charge in [-0.2, -0.15) is 0 Å². The molecule has 0 aliphatic heterocycles. The molecule has 2 amide bonds. The summed E-state index contributed by atoms with van der Waals surface area (Å²) in [7, 11) is 4.00. The van der Waals surface area contributed by atoms with Crippen LogP contribution in [0, 0.1) is 0 Å². The van der Waals surface area contributed by atoms with Crippen molar-refractivity contribution in [3.05, 3.63) is 29.8 Å². The van der Waals surface area contributed by atoms with E-state index in [9.17, 15) is 9.59 Å². The van der Waals surface area contributed by atoms with Crippen LogP contribution in [0.4, 0.5) is 5.69 Å². The standard InChI is InChI=1S/C17H25N3O2/c1-20(2)15-9-7-13(8-10-15)11-12-18-16(21)17(22)19-14-5-3-4-6-14/h7-10,14H,3-6,11-12H2,1-2H3,(H,18,21)(H,19,22). The molecule has 0 unspecified atom stereocenters. The molecule has 2 rings (SSSR count). The molecular formula is C17H25N3O2. The zero-order valence-electron chi connectivity index (χ0n) is 13.4. The van der Waals surface area contributed by atoms with Crippen LogP contribution in [-0.2, 0) is 16.0 Å². The lowest BCUT2D eigenvalue weighted by Gasteiger charge is -2.13. The Morgan fingerprint density at radius 2 is 1.73 bits per heavy atom. The molecule has 1 aromatic carbocycles. The van der Waals surface area contributed by atoms with Crippen molar-refractivity contribution in [1.29, 1.82) is 0 Å². The van der Waals surface area contributed by atoms with Gasteiger partial charge in [-0.05, 0) is 37.0 Å². The summed E-state index contributed by atoms with van der Waals surface area (Å²) in [5.41, 5.74) is 2.28. The highest BCUT2D eigenvalue weighted by molar-refractivity contribution is 6.35. The van der Waals surface area contributed by atoms with Crippen molar-refractivity contribution < 1.29 is 9.59 Å². The van der Waals surface area contributed by atoms with Crippen molar-refractivity contribution in [3.8, 4) is 0 Å². The molecule has 22 heavy (non-hydrogen) atoms. The van der Waals surface area contributed by atoms with Crippen molar-refractivity contribution in [2.75, 3.05) is 25.5 Å². The van der Waals surface area contributed by atoms with Crippen molar-refractivity contribution in [3.63, 3.8) is 0 Å². The van der Waals surface area contributed by atoms with E-state index in [1.165, 1.54) is 0 Å². The zero-order valence-corrected chi connectivity index (χ0v) is 13.4. The molecular weight excluding hydrogens is 278 g/mol. The van der Waals surface area contributed by atoms with E-state index in [1.54, 1.807) is 0 Å². The monoisotopic (exact) mass is 303 g/mol. The molecule has 0 atom stereocenters. The van der Waals surface area contributed by atoms with Gasteiger partial charge in [0.2, 0.25) is 0 Å². The van der Waals surface area contributed by atoms with Gasteiger partial charge in [-0.3, -0.25) is 9.59 Å². The lowest BCUT2D eigenvalue weighted by atomic mass is 10.1. The van der Waals surface area contributed by atoms with Crippen LogP contribution in [0.2, 0.25) is 0 Å². The van der Waals surface area contributed by atoms with E-state index in [2.05, 4.69) is 10.6 Å². The quantitative estimate of drug-likeness (QED) is 0.810. The third kappa shape index (κ3) is 4.76. The first-order valence-electron chi connectivity index (χ1n) is 7.91. The third-order valence-electron chi connectivity index (χ3n) is 4.05. The maximum absolute atomic E-state index is 11.7. The fraction of sp³-hybridized carbons (Fsp3) is 0.529. The first-order chi connectivity index (χ1) is 10.6. The van der Waals surface area contributed by atoms with Gasteiger partial charge < -0.3 is 15.5 Å². The highest BCUT2D eigenvalue weighted by Gasteiger charge is 2.20. The largest absolute Gasteiger partial charge is 0.378 e. The summed E-state index contributed by atoms with van der Waals surface area (Å²) in [6.45, 7) is 0.470. The van der Waals surface area contributed by atoms with Crippen LogP contribution >= 0.6 is 0 Å². The Labute approximate surface area is 132 Å². The predicted molar refractivity (Wildman–Crippen MR) is 87.9 cm³/mol. The Hall–Kier alpha value is -2.04. The third-order valence-corrected chi connectivity index (χ3v) is 4.05. The minimum absolute atomic E-state index is 0.178. The van der Waals surface area contributed by atoms with Crippen LogP contribution < -0.4 is 15.5 Å². The lowest BCUT2D eigenvalue weighted by molar-refractivity contribution is -0.139. The lowest BCUT2D eigenvalue weighted by Crippen LogP contribution is -2.44. The summed E-state index contributed by atoms with van der Waals surface area (Å²) in [6.07, 6.45) is 4.95. The number of amides is 2. The fourth-order valence-electron chi connectivity index (χ4n) is 2.68. The molecule has 0 saturated heterocycles. The number of carbonyl (C=O) groups is 2. The van der Waals surface area contributed by atoms with Crippen LogP contribution in [0.1, 0.15) is 31.2 Å². The van der Waals surface area contributed by atoms with Crippen molar-refractivity contribution in [2.24, 2.45) is 0 Å². The molecule has 5 heteroatoms. The smallest absolute Gasteiger partial charge is 0.309 e. The number of carbonyl (C=O) groups excluding carboxylic acids is 2. The van der Waals surface area contributed by atoms with Crippen LogP contribution in [-0.4, -0.2) is 38.5 Å². The SMILES string of the molecule is CN(C)c1ccc(CCNC(=O)C(=O)NC2CCCC2)cc1. The molecule has 1 aliphatic rings. The molecule has 2 N–H and O–H groups in total. The molecule has 1 saturated carbocycles. The molecule has 1 fully saturated rings. The van der Waals surface area contributed by atoms with E-state index in [4.69, 9.17) is 0 Å². The van der Waals surface area contributed by atoms with Crippen molar-refractivity contribution in [1.82, 2.24) is 10.6 Å². The van der Waals surface area contributed by atoms with Gasteiger partial charge in [-0.25, -0.2) is 0 Å². The molecule has 1 aliphatic carbocycles. The summed E-state index contributed by atoms with van der Waals surface area (Å²) >= 11 is 0. The maximum atomic E-state index is 11.7. The van der Waals surface area contributed by atoms with Crippen LogP contribution in [0.5, 0.6) is 0 Å². The average molecular weight is 303 g/mol. The highest BCUT2D eigenvalue weighted by Crippen LogP contribution is 2.17. The van der Waals surface area contributed by atoms with Gasteiger partial charge >= 0.3 is 11.8 Å². The minimum atomic E-state index is -0.531. The molecule has 1 aromatic rings. The Bertz CT molecular complexity index is 505. The topological polar surface area (TPSA) is 61.4 Å². The first kappa shape index (κ1) is 16.3. The average Bonchev–Trinajstić information content (AvgIpc) is 3.00. The molecule has 120 valence electrons. The number of benzene rings is 1. The summed E-state index contributed by atoms with van der Waals surface area (Å²) in [5.74, 6) is -1.04. The number of nitrogens with one attached hydrogen (secondary N) is 2. The minimum Gasteiger partial charge on any atom is -0.378 e. The van der Waals surface area contributed by atoms with Gasteiger partial charge in [-0.1, -0.05) is 25.0 Å². The van der Waals surface area contributed by atoms with Crippen molar-refractivity contribution in [2.45, 2.75) is 38.1 Å². The number of hydrogen-bond donors (Lipinski definition) is 2. The van der Waals surface area contributed by atoms with E-state index in [-0.39, 0.29) is 6.04 Å². The Morgan fingerprint density at radius 1 is 1.09 bits per heavy atom. The second kappa shape index (κ2) is 7.82. The molecule has 0 radical (unpaired) electrons. The summed E-state index contributed by atoms with van der Waals surface area (Å²) in [4.78, 5) is 25.5. The van der Waals surface area contributed by atoms with Crippen LogP contribution in [0.15, 0.2) is 24.3 Å². The van der Waals surface area contributed by atoms with Crippen LogP contribution in [0.25, 0.3) is 0 Å². The second-order valence-electron chi connectivity index (χ2n) is 6.02. The number of hydrogen-bond acceptors (Lipinski definition) is 3. The number of nitrogens with zero attached hydrogens (tertiary/aromatic N) is 1. The highest BCUT2D eigenvalue weighted by atomic mass is 16.2. The normalized spacial score (nSPS) is 14.6. The molecule has 5 nitrogen and oxygen atoms in total. The van der Waals surface area contributed by atoms with Crippen LogP contribution in [0.3, 0.4) is 0 Å². The van der Waals surface area contributed by atoms with E-state index < -0.39 is 11.8 Å². The number of rotatable bonds is 5. The van der Waals surface area contributed by atoms with Gasteiger partial charge in [0, 0.05) is 32.4 Å². The Balaban J connectivity index is 1.70. The summed E-state index contributed by atoms with van der Waals surface area (Å²) < 4.78 is 0. The first-order valence-corrected chi connectivity index (χ1v) is 7.91. The van der Waals surface area contributed by atoms with E-state index >= 15 is 0 Å². The maximum Gasteiger partial charge on any atom is 0.309 e. The molecule has 0 spiro atoms. The Morgan fingerprint density at radius 3 is 2.32 bits per heavy atom. The van der Waals surface area contributed by atoms with Gasteiger partial charge in [0.25, 0.3) is 0 Å². The molecule has 0 aromatic heterocycles. The van der Waals surface area contributed by atoms with E-state index in [0.29, 0.717) is 6.54 Å². The van der Waals surface area contributed by atoms with Crippen molar-refractivity contribution >= 4 is 17.5 Å². The number of anilines is 1. The van der Waals surface area contributed by atoms with Gasteiger partial charge in [0.1, 0.15) is 0 Å². The summed E-state index contributed by atoms with van der Waals surface area (Å²) in [6, 6.07) is 8.35. The van der Waals surface area contributed by atoms with Gasteiger partial charge in [0.05, 0.1) is 0 Å². The second-order valence-corrected chi connectivity index (χ2v) is 6.02. The van der Waals surface area contributed by atoms with Gasteiger partial charge in [-0.15, -0.1) is 0 Å². The Kier molecular flexibility index (Phi) is 5.81. The molecule has 0 heterocycles. The molecule has 0 bridgehead atoms. The predicted octanol–water partition coefficient (Wildman–Crippen LogP) is 1.47. The summed E-state index contributed by atoms with van der Waals surface area (Å²) in [5, 5.41) is 5.47. The fourth-order valence-corrected chi connectivity index (χ4v) is 2.68.